The van der Waals surface area contributed by atoms with E-state index in [4.69, 9.17) is 34.8 Å². The average Bonchev–Trinajstić information content (AvgIpc) is 3.13. The van der Waals surface area contributed by atoms with Crippen molar-refractivity contribution in [3.05, 3.63) is 80.8 Å². The molecule has 2 aromatic carbocycles. The average molecular weight is 395 g/mol. The molecule has 4 nitrogen and oxygen atoms in total. The third-order valence-electron chi connectivity index (χ3n) is 4.77. The molecule has 1 aliphatic carbocycles. The minimum absolute atomic E-state index is 0.226. The smallest absolute Gasteiger partial charge is 0.193 e. The van der Waals surface area contributed by atoms with Crippen LogP contribution in [0.2, 0.25) is 15.1 Å². The van der Waals surface area contributed by atoms with Crippen LogP contribution in [0.1, 0.15) is 29.0 Å². The monoisotopic (exact) mass is 393 g/mol. The fourth-order valence-electron chi connectivity index (χ4n) is 3.59. The number of aromatic nitrogens is 3. The second-order valence-corrected chi connectivity index (χ2v) is 7.38. The number of hydrogen-bond acceptors (Lipinski definition) is 3. The van der Waals surface area contributed by atoms with E-state index in [9.17, 15) is 5.11 Å². The van der Waals surface area contributed by atoms with Crippen LogP contribution in [0.4, 0.5) is 0 Å². The van der Waals surface area contributed by atoms with Gasteiger partial charge in [-0.15, -0.1) is 0 Å². The number of halogens is 3. The molecule has 25 heavy (non-hydrogen) atoms. The molecule has 4 rings (SSSR count). The van der Waals surface area contributed by atoms with Gasteiger partial charge in [0.2, 0.25) is 0 Å². The molecule has 0 fully saturated rings. The van der Waals surface area contributed by atoms with Gasteiger partial charge >= 0.3 is 0 Å². The molecule has 0 radical (unpaired) electrons. The Hall–Kier alpha value is -1.59. The largest absolute Gasteiger partial charge is 0.365 e. The quantitative estimate of drug-likeness (QED) is 0.687. The van der Waals surface area contributed by atoms with Crippen molar-refractivity contribution < 1.29 is 5.11 Å². The van der Waals surface area contributed by atoms with Crippen molar-refractivity contribution >= 4 is 34.8 Å². The summed E-state index contributed by atoms with van der Waals surface area (Å²) in [5.74, 6) is -0.226. The second kappa shape index (κ2) is 6.29. The summed E-state index contributed by atoms with van der Waals surface area (Å²) in [6.45, 7) is 0. The lowest BCUT2D eigenvalue weighted by Gasteiger charge is -2.41. The zero-order valence-electron chi connectivity index (χ0n) is 13.0. The highest BCUT2D eigenvalue weighted by Gasteiger charge is 2.46. The summed E-state index contributed by atoms with van der Waals surface area (Å²) in [6, 6.07) is 11.0. The van der Waals surface area contributed by atoms with Gasteiger partial charge in [0.25, 0.3) is 0 Å². The molecule has 0 spiro atoms. The molecule has 0 saturated carbocycles. The molecule has 1 N–H and O–H groups in total. The molecular formula is C18H14Cl3N3O. The Bertz CT molecular complexity index is 912. The van der Waals surface area contributed by atoms with Crippen LogP contribution in [0.25, 0.3) is 0 Å². The standard InChI is InChI=1S/C18H14Cl3N3O/c19-13-4-1-11(2-5-13)14-6-3-12-7-16(20)17(21)8-15(12)18(14,25)24-10-22-9-23-24/h1-2,4-5,7-10,14,25H,3,6H2. The Morgan fingerprint density at radius 2 is 1.80 bits per heavy atom. The van der Waals surface area contributed by atoms with E-state index in [-0.39, 0.29) is 5.92 Å². The highest BCUT2D eigenvalue weighted by Crippen LogP contribution is 2.47. The molecular weight excluding hydrogens is 381 g/mol. The van der Waals surface area contributed by atoms with Gasteiger partial charge in [-0.2, -0.15) is 5.10 Å². The van der Waals surface area contributed by atoms with Gasteiger partial charge < -0.3 is 5.11 Å². The fraction of sp³-hybridized carbons (Fsp3) is 0.222. The number of fused-ring (bicyclic) bond motifs is 1. The molecule has 0 saturated heterocycles. The predicted molar refractivity (Wildman–Crippen MR) is 98.3 cm³/mol. The Morgan fingerprint density at radius 3 is 2.48 bits per heavy atom. The Labute approximate surface area is 160 Å². The van der Waals surface area contributed by atoms with Crippen molar-refractivity contribution in [1.82, 2.24) is 14.8 Å². The number of benzene rings is 2. The van der Waals surface area contributed by atoms with Crippen LogP contribution in [0.15, 0.2) is 49.1 Å². The lowest BCUT2D eigenvalue weighted by atomic mass is 9.73. The molecule has 1 aliphatic rings. The Morgan fingerprint density at radius 1 is 1.08 bits per heavy atom. The SMILES string of the molecule is OC1(n2cncn2)c2cc(Cl)c(Cl)cc2CCC1c1ccc(Cl)cc1. The number of hydrogen-bond donors (Lipinski definition) is 1. The van der Waals surface area contributed by atoms with Gasteiger partial charge in [-0.3, -0.25) is 0 Å². The maximum Gasteiger partial charge on any atom is 0.193 e. The van der Waals surface area contributed by atoms with Gasteiger partial charge in [0.15, 0.2) is 5.72 Å². The van der Waals surface area contributed by atoms with E-state index in [1.54, 1.807) is 6.07 Å². The van der Waals surface area contributed by atoms with Crippen LogP contribution in [0.5, 0.6) is 0 Å². The predicted octanol–water partition coefficient (Wildman–Crippen LogP) is 4.66. The van der Waals surface area contributed by atoms with E-state index in [2.05, 4.69) is 10.1 Å². The lowest BCUT2D eigenvalue weighted by Crippen LogP contribution is -2.45. The minimum atomic E-state index is -1.41. The topological polar surface area (TPSA) is 50.9 Å². The van der Waals surface area contributed by atoms with E-state index < -0.39 is 5.72 Å². The molecule has 0 bridgehead atoms. The molecule has 0 aliphatic heterocycles. The maximum absolute atomic E-state index is 11.8. The van der Waals surface area contributed by atoms with Gasteiger partial charge in [0.05, 0.1) is 10.0 Å². The van der Waals surface area contributed by atoms with Crippen LogP contribution >= 0.6 is 34.8 Å². The molecule has 3 aromatic rings. The third-order valence-corrected chi connectivity index (χ3v) is 5.75. The van der Waals surface area contributed by atoms with Gasteiger partial charge in [0.1, 0.15) is 12.7 Å². The zero-order chi connectivity index (χ0) is 17.6. The van der Waals surface area contributed by atoms with Crippen LogP contribution in [-0.4, -0.2) is 19.9 Å². The van der Waals surface area contributed by atoms with Gasteiger partial charge in [0, 0.05) is 16.5 Å². The Balaban J connectivity index is 1.94. The number of rotatable bonds is 2. The van der Waals surface area contributed by atoms with Gasteiger partial charge in [-0.05, 0) is 48.2 Å². The first-order chi connectivity index (χ1) is 12.0. The van der Waals surface area contributed by atoms with Crippen molar-refractivity contribution in [2.45, 2.75) is 24.5 Å². The summed E-state index contributed by atoms with van der Waals surface area (Å²) in [6.07, 6.45) is 4.42. The van der Waals surface area contributed by atoms with Crippen molar-refractivity contribution in [3.63, 3.8) is 0 Å². The summed E-state index contributed by atoms with van der Waals surface area (Å²) in [5.41, 5.74) is 1.21. The first-order valence-electron chi connectivity index (χ1n) is 7.81. The van der Waals surface area contributed by atoms with Crippen LogP contribution < -0.4 is 0 Å². The van der Waals surface area contributed by atoms with Crippen LogP contribution in [0, 0.1) is 0 Å². The highest BCUT2D eigenvalue weighted by molar-refractivity contribution is 6.42. The van der Waals surface area contributed by atoms with E-state index in [0.29, 0.717) is 20.6 Å². The van der Waals surface area contributed by atoms with E-state index in [1.165, 1.54) is 17.3 Å². The van der Waals surface area contributed by atoms with Crippen LogP contribution in [-0.2, 0) is 12.1 Å². The van der Waals surface area contributed by atoms with Crippen molar-refractivity contribution in [1.29, 1.82) is 0 Å². The van der Waals surface area contributed by atoms with E-state index in [1.807, 2.05) is 30.3 Å². The molecule has 1 heterocycles. The summed E-state index contributed by atoms with van der Waals surface area (Å²) in [5, 5.41) is 17.5. The molecule has 0 amide bonds. The molecule has 2 unspecified atom stereocenters. The normalized spacial score (nSPS) is 22.6. The first-order valence-corrected chi connectivity index (χ1v) is 8.95. The van der Waals surface area contributed by atoms with E-state index >= 15 is 0 Å². The van der Waals surface area contributed by atoms with Crippen LogP contribution in [0.3, 0.4) is 0 Å². The molecule has 128 valence electrons. The fourth-order valence-corrected chi connectivity index (χ4v) is 4.06. The molecule has 2 atom stereocenters. The maximum atomic E-state index is 11.8. The second-order valence-electron chi connectivity index (χ2n) is 6.13. The van der Waals surface area contributed by atoms with Gasteiger partial charge in [-0.25, -0.2) is 9.67 Å². The van der Waals surface area contributed by atoms with Crippen molar-refractivity contribution in [2.24, 2.45) is 0 Å². The summed E-state index contributed by atoms with van der Waals surface area (Å²) >= 11 is 18.4. The van der Waals surface area contributed by atoms with E-state index in [0.717, 1.165) is 24.0 Å². The number of aryl methyl sites for hydroxylation is 1. The summed E-state index contributed by atoms with van der Waals surface area (Å²) < 4.78 is 1.48. The van der Waals surface area contributed by atoms with Crippen molar-refractivity contribution in [2.75, 3.05) is 0 Å². The zero-order valence-corrected chi connectivity index (χ0v) is 15.3. The number of nitrogens with zero attached hydrogens (tertiary/aromatic N) is 3. The number of aliphatic hydroxyl groups is 1. The first kappa shape index (κ1) is 16.9. The van der Waals surface area contributed by atoms with Crippen molar-refractivity contribution in [3.8, 4) is 0 Å². The molecule has 1 aromatic heterocycles. The molecule has 7 heteroatoms. The lowest BCUT2D eigenvalue weighted by molar-refractivity contribution is -0.0432. The minimum Gasteiger partial charge on any atom is -0.365 e. The summed E-state index contributed by atoms with van der Waals surface area (Å²) in [4.78, 5) is 4.01. The van der Waals surface area contributed by atoms with Gasteiger partial charge in [-0.1, -0.05) is 46.9 Å². The summed E-state index contributed by atoms with van der Waals surface area (Å²) in [7, 11) is 0. The third kappa shape index (κ3) is 2.74. The highest BCUT2D eigenvalue weighted by atomic mass is 35.5. The Kier molecular flexibility index (Phi) is 4.24.